The Morgan fingerprint density at radius 1 is 1.16 bits per heavy atom. The maximum Gasteiger partial charge on any atom is 0.191 e. The van der Waals surface area contributed by atoms with Gasteiger partial charge in [-0.15, -0.1) is 24.0 Å². The highest BCUT2D eigenvalue weighted by Crippen LogP contribution is 2.24. The second-order valence-corrected chi connectivity index (χ2v) is 7.99. The third-order valence-electron chi connectivity index (χ3n) is 5.29. The van der Waals surface area contributed by atoms with Crippen molar-refractivity contribution in [3.05, 3.63) is 29.3 Å². The van der Waals surface area contributed by atoms with Crippen molar-refractivity contribution in [1.29, 1.82) is 0 Å². The Kier molecular flexibility index (Phi) is 12.5. The monoisotopic (exact) mass is 547 g/mol. The molecule has 2 atom stereocenters. The van der Waals surface area contributed by atoms with E-state index in [1.54, 1.807) is 0 Å². The lowest BCUT2D eigenvalue weighted by Crippen LogP contribution is -2.38. The number of hydrogen-bond acceptors (Lipinski definition) is 5. The summed E-state index contributed by atoms with van der Waals surface area (Å²) in [7, 11) is 0. The smallest absolute Gasteiger partial charge is 0.191 e. The number of ether oxygens (including phenoxy) is 4. The molecule has 1 aromatic carbocycles. The predicted octanol–water partition coefficient (Wildman–Crippen LogP) is 3.28. The molecule has 0 aliphatic carbocycles. The first-order chi connectivity index (χ1) is 14.7. The zero-order chi connectivity index (χ0) is 21.0. The minimum Gasteiger partial charge on any atom is -0.488 e. The van der Waals surface area contributed by atoms with Crippen LogP contribution in [0.2, 0.25) is 0 Å². The van der Waals surface area contributed by atoms with Crippen molar-refractivity contribution in [3.63, 3.8) is 0 Å². The van der Waals surface area contributed by atoms with Crippen molar-refractivity contribution in [3.8, 4) is 5.75 Å². The first kappa shape index (κ1) is 26.2. The largest absolute Gasteiger partial charge is 0.488 e. The van der Waals surface area contributed by atoms with Gasteiger partial charge in [-0.3, -0.25) is 0 Å². The van der Waals surface area contributed by atoms with E-state index >= 15 is 0 Å². The van der Waals surface area contributed by atoms with E-state index in [1.165, 1.54) is 5.56 Å². The molecular weight excluding hydrogens is 509 g/mol. The average Bonchev–Trinajstić information content (AvgIpc) is 3.44. The second kappa shape index (κ2) is 14.9. The molecule has 0 radical (unpaired) electrons. The van der Waals surface area contributed by atoms with Crippen LogP contribution in [0.25, 0.3) is 0 Å². The van der Waals surface area contributed by atoms with Crippen LogP contribution in [-0.4, -0.2) is 64.8 Å². The van der Waals surface area contributed by atoms with Crippen LogP contribution in [0, 0.1) is 12.8 Å². The molecule has 0 saturated carbocycles. The molecule has 1 aromatic rings. The van der Waals surface area contributed by atoms with Gasteiger partial charge in [0.15, 0.2) is 5.96 Å². The standard InChI is InChI=1S/C23H37N3O4.HI/c1-3-24-23(25-9-4-10-27-15-19-7-11-28-16-19)26-14-20-6-5-18(2)13-22(20)30-21-8-12-29-17-21;/h5-6,13,19,21H,3-4,7-12,14-17H2,1-2H3,(H2,24,25,26);1H. The Labute approximate surface area is 203 Å². The van der Waals surface area contributed by atoms with E-state index in [-0.39, 0.29) is 30.1 Å². The fraction of sp³-hybridized carbons (Fsp3) is 0.696. The molecule has 2 unspecified atom stereocenters. The fourth-order valence-electron chi connectivity index (χ4n) is 3.54. The lowest BCUT2D eigenvalue weighted by molar-refractivity contribution is 0.0888. The van der Waals surface area contributed by atoms with E-state index in [9.17, 15) is 0 Å². The summed E-state index contributed by atoms with van der Waals surface area (Å²) >= 11 is 0. The third-order valence-corrected chi connectivity index (χ3v) is 5.29. The van der Waals surface area contributed by atoms with E-state index in [1.807, 2.05) is 0 Å². The highest BCUT2D eigenvalue weighted by atomic mass is 127. The molecule has 8 heteroatoms. The van der Waals surface area contributed by atoms with E-state index in [4.69, 9.17) is 23.9 Å². The van der Waals surface area contributed by atoms with Crippen molar-refractivity contribution < 1.29 is 18.9 Å². The van der Waals surface area contributed by atoms with Crippen molar-refractivity contribution in [2.24, 2.45) is 10.9 Å². The molecule has 2 N–H and O–H groups in total. The van der Waals surface area contributed by atoms with Gasteiger partial charge in [0.1, 0.15) is 11.9 Å². The minimum absolute atomic E-state index is 0. The first-order valence-electron chi connectivity index (χ1n) is 11.3. The summed E-state index contributed by atoms with van der Waals surface area (Å²) in [5.41, 5.74) is 2.28. The number of hydrogen-bond donors (Lipinski definition) is 2. The van der Waals surface area contributed by atoms with Gasteiger partial charge in [0.25, 0.3) is 0 Å². The predicted molar refractivity (Wildman–Crippen MR) is 134 cm³/mol. The molecule has 31 heavy (non-hydrogen) atoms. The number of nitrogens with one attached hydrogen (secondary N) is 2. The number of rotatable bonds is 11. The molecule has 0 amide bonds. The quantitative estimate of drug-likeness (QED) is 0.192. The summed E-state index contributed by atoms with van der Waals surface area (Å²) in [6, 6.07) is 6.31. The van der Waals surface area contributed by atoms with Crippen LogP contribution in [0.15, 0.2) is 23.2 Å². The van der Waals surface area contributed by atoms with E-state index < -0.39 is 0 Å². The molecule has 0 spiro atoms. The van der Waals surface area contributed by atoms with Crippen molar-refractivity contribution in [2.75, 3.05) is 52.7 Å². The topological polar surface area (TPSA) is 73.3 Å². The summed E-state index contributed by atoms with van der Waals surface area (Å²) in [6.07, 6.45) is 3.14. The van der Waals surface area contributed by atoms with Gasteiger partial charge in [0, 0.05) is 44.2 Å². The summed E-state index contributed by atoms with van der Waals surface area (Å²) in [4.78, 5) is 4.76. The summed E-state index contributed by atoms with van der Waals surface area (Å²) < 4.78 is 22.8. The summed E-state index contributed by atoms with van der Waals surface area (Å²) in [6.45, 7) is 11.1. The second-order valence-electron chi connectivity index (χ2n) is 7.99. The molecule has 2 saturated heterocycles. The molecule has 2 fully saturated rings. The van der Waals surface area contributed by atoms with Crippen LogP contribution in [0.1, 0.15) is 37.3 Å². The number of benzene rings is 1. The van der Waals surface area contributed by atoms with E-state index in [0.29, 0.717) is 19.1 Å². The van der Waals surface area contributed by atoms with Crippen LogP contribution in [0.3, 0.4) is 0 Å². The van der Waals surface area contributed by atoms with Gasteiger partial charge in [-0.2, -0.15) is 0 Å². The third kappa shape index (κ3) is 9.51. The van der Waals surface area contributed by atoms with Gasteiger partial charge in [0.2, 0.25) is 0 Å². The van der Waals surface area contributed by atoms with Gasteiger partial charge in [-0.1, -0.05) is 12.1 Å². The van der Waals surface area contributed by atoms with Crippen molar-refractivity contribution in [2.45, 2.75) is 45.8 Å². The molecule has 3 rings (SSSR count). The van der Waals surface area contributed by atoms with Crippen LogP contribution in [0.5, 0.6) is 5.75 Å². The Bertz CT molecular complexity index is 662. The zero-order valence-corrected chi connectivity index (χ0v) is 21.2. The lowest BCUT2D eigenvalue weighted by Gasteiger charge is -2.16. The summed E-state index contributed by atoms with van der Waals surface area (Å²) in [5, 5.41) is 6.71. The Morgan fingerprint density at radius 3 is 2.74 bits per heavy atom. The van der Waals surface area contributed by atoms with Gasteiger partial charge in [0.05, 0.1) is 33.0 Å². The highest BCUT2D eigenvalue weighted by Gasteiger charge is 2.19. The average molecular weight is 547 g/mol. The molecule has 0 aromatic heterocycles. The highest BCUT2D eigenvalue weighted by molar-refractivity contribution is 14.0. The Hall–Kier alpha value is -1.10. The summed E-state index contributed by atoms with van der Waals surface area (Å²) in [5.74, 6) is 2.30. The normalized spacial score (nSPS) is 21.0. The molecule has 2 aliphatic heterocycles. The van der Waals surface area contributed by atoms with E-state index in [2.05, 4.69) is 42.7 Å². The molecular formula is C23H38IN3O4. The molecule has 2 aliphatic rings. The number of aryl methyl sites for hydroxylation is 1. The molecule has 2 heterocycles. The number of nitrogens with zero attached hydrogens (tertiary/aromatic N) is 1. The first-order valence-corrected chi connectivity index (χ1v) is 11.3. The minimum atomic E-state index is 0. The fourth-order valence-corrected chi connectivity index (χ4v) is 3.54. The molecule has 0 bridgehead atoms. The lowest BCUT2D eigenvalue weighted by atomic mass is 10.1. The number of guanidine groups is 1. The Morgan fingerprint density at radius 2 is 2.00 bits per heavy atom. The van der Waals surface area contributed by atoms with Gasteiger partial charge < -0.3 is 29.6 Å². The molecule has 7 nitrogen and oxygen atoms in total. The van der Waals surface area contributed by atoms with Crippen molar-refractivity contribution >= 4 is 29.9 Å². The maximum absolute atomic E-state index is 6.19. The van der Waals surface area contributed by atoms with Gasteiger partial charge in [-0.25, -0.2) is 4.99 Å². The number of aliphatic imine (C=N–C) groups is 1. The SMILES string of the molecule is CCNC(=NCc1ccc(C)cc1OC1CCOC1)NCCCOCC1CCOC1.I. The van der Waals surface area contributed by atoms with Crippen LogP contribution in [-0.2, 0) is 20.8 Å². The Balaban J connectivity index is 0.00000341. The van der Waals surface area contributed by atoms with Crippen LogP contribution < -0.4 is 15.4 Å². The molecule has 176 valence electrons. The van der Waals surface area contributed by atoms with E-state index in [0.717, 1.165) is 82.7 Å². The van der Waals surface area contributed by atoms with Gasteiger partial charge >= 0.3 is 0 Å². The van der Waals surface area contributed by atoms with Crippen molar-refractivity contribution in [1.82, 2.24) is 10.6 Å². The van der Waals surface area contributed by atoms with Gasteiger partial charge in [-0.05, 0) is 38.3 Å². The number of halogens is 1. The maximum atomic E-state index is 6.19. The van der Waals surface area contributed by atoms with Crippen LogP contribution >= 0.6 is 24.0 Å². The van der Waals surface area contributed by atoms with Crippen LogP contribution in [0.4, 0.5) is 0 Å². The zero-order valence-electron chi connectivity index (χ0n) is 18.9.